The summed E-state index contributed by atoms with van der Waals surface area (Å²) in [6, 6.07) is 81.0. The fourth-order valence-electron chi connectivity index (χ4n) is 12.7. The van der Waals surface area contributed by atoms with Gasteiger partial charge in [0.05, 0.1) is 83.4 Å². The maximum Gasteiger partial charge on any atom is 0.184 e. The third-order valence-electron chi connectivity index (χ3n) is 19.1. The van der Waals surface area contributed by atoms with Crippen molar-refractivity contribution >= 4 is 161 Å². The molecule has 0 bridgehead atoms. The Kier molecular flexibility index (Phi) is 33.5. The topological polar surface area (TPSA) is 339 Å². The second-order valence-corrected chi connectivity index (χ2v) is 30.0. The smallest absolute Gasteiger partial charge is 0.184 e. The summed E-state index contributed by atoms with van der Waals surface area (Å²) in [5.74, 6) is -0.0477. The quantitative estimate of drug-likeness (QED) is 0.0249. The Bertz CT molecular complexity index is 6410. The average Bonchev–Trinajstić information content (AvgIpc) is 0.808. The Morgan fingerprint density at radius 2 is 0.727 bits per heavy atom. The normalized spacial score (nSPS) is 13.9. The fourth-order valence-corrected chi connectivity index (χ4v) is 13.5. The van der Waals surface area contributed by atoms with Crippen molar-refractivity contribution < 1.29 is 49.8 Å². The number of nitrogens with one attached hydrogen (secondary N) is 4. The first-order chi connectivity index (χ1) is 61.9. The van der Waals surface area contributed by atoms with Crippen molar-refractivity contribution in [3.8, 4) is 34.5 Å². The van der Waals surface area contributed by atoms with Crippen molar-refractivity contribution in [3.63, 3.8) is 0 Å². The van der Waals surface area contributed by atoms with E-state index >= 15 is 0 Å². The third-order valence-corrected chi connectivity index (χ3v) is 20.3. The lowest BCUT2D eigenvalue weighted by atomic mass is 9.94. The van der Waals surface area contributed by atoms with E-state index in [-0.39, 0.29) is 72.7 Å². The number of benzene rings is 12. The van der Waals surface area contributed by atoms with Gasteiger partial charge in [0.15, 0.2) is 23.1 Å². The number of aromatic hydroxyl groups is 6. The molecule has 0 fully saturated rings. The molecular weight excluding hydrogens is 1690 g/mol. The minimum Gasteiger partial charge on any atom is -0.508 e. The molecule has 128 heavy (non-hydrogen) atoms. The molecule has 0 heterocycles. The van der Waals surface area contributed by atoms with E-state index in [0.717, 1.165) is 50.7 Å². The lowest BCUT2D eigenvalue weighted by Gasteiger charge is -2.18. The van der Waals surface area contributed by atoms with Gasteiger partial charge in [-0.25, -0.2) is 20.0 Å². The van der Waals surface area contributed by atoms with Crippen molar-refractivity contribution in [2.45, 2.75) is 53.4 Å². The molecule has 20 nitrogen and oxygen atoms in total. The number of nitrogens with zero attached hydrogens (tertiary/aromatic N) is 4. The molecule has 0 radical (unpaired) electrons. The number of phenols is 6. The third kappa shape index (κ3) is 27.3. The SMILES string of the molecule is CC.CC.Nc1ccc(CC2=CC(=Nc3ccc(N)cc3)C(Nc3ccccc3)=CC2=O)cc1.O=C1C=C(Nc2ccccc2)C(=Nc2ccc(O)c(Cl)c2)C=C1Cc1ccc(O)c(Cl)c1.O=C1C=CC(=Nc2cc(Cc3ccc(O)cc3)c(O)cc2Nc2ccccc2)C=C1.O=C1C=CC(=Nc2cc(Cc3ccc(O)cc3Cl)c(O)cc2Nc2ccccc2)C(Cl)=C1. The molecule has 14 N–H and O–H groups in total. The van der Waals surface area contributed by atoms with Crippen LogP contribution in [0.2, 0.25) is 15.1 Å². The summed E-state index contributed by atoms with van der Waals surface area (Å²) < 4.78 is 0. The van der Waals surface area contributed by atoms with E-state index in [9.17, 15) is 49.8 Å². The zero-order chi connectivity index (χ0) is 91.2. The molecule has 644 valence electrons. The minimum absolute atomic E-state index is 0.0138. The van der Waals surface area contributed by atoms with Gasteiger partial charge in [0.2, 0.25) is 0 Å². The molecule has 4 aliphatic rings. The largest absolute Gasteiger partial charge is 0.508 e. The molecule has 12 aromatic carbocycles. The van der Waals surface area contributed by atoms with E-state index in [2.05, 4.69) is 36.2 Å². The highest BCUT2D eigenvalue weighted by molar-refractivity contribution is 6.48. The van der Waals surface area contributed by atoms with Gasteiger partial charge in [-0.1, -0.05) is 183 Å². The molecule has 12 aromatic rings. The van der Waals surface area contributed by atoms with Gasteiger partial charge in [0.25, 0.3) is 0 Å². The second-order valence-electron chi connectivity index (χ2n) is 28.4. The van der Waals surface area contributed by atoms with E-state index in [1.165, 1.54) is 48.6 Å². The van der Waals surface area contributed by atoms with Crippen molar-refractivity contribution in [1.82, 2.24) is 0 Å². The number of nitrogens with two attached hydrogens (primary N) is 2. The van der Waals surface area contributed by atoms with E-state index in [4.69, 9.17) is 62.9 Å². The van der Waals surface area contributed by atoms with Crippen LogP contribution in [-0.2, 0) is 44.9 Å². The summed E-state index contributed by atoms with van der Waals surface area (Å²) in [6.07, 6.45) is 18.9. The summed E-state index contributed by atoms with van der Waals surface area (Å²) in [6.45, 7) is 8.00. The Balaban J connectivity index is 0.000000163. The number of phenolic OH excluding ortho intramolecular Hbond substituents is 6. The van der Waals surface area contributed by atoms with Crippen molar-refractivity contribution in [3.05, 3.63) is 416 Å². The maximum absolute atomic E-state index is 12.9. The number of nitrogen functional groups attached to an aromatic ring is 2. The molecule has 0 atom stereocenters. The highest BCUT2D eigenvalue weighted by atomic mass is 35.5. The molecule has 0 amide bonds. The summed E-state index contributed by atoms with van der Waals surface area (Å²) in [5.41, 5.74) is 29.5. The van der Waals surface area contributed by atoms with Crippen molar-refractivity contribution in [2.24, 2.45) is 20.0 Å². The van der Waals surface area contributed by atoms with Crippen LogP contribution in [0.25, 0.3) is 0 Å². The molecule has 0 aromatic heterocycles. The van der Waals surface area contributed by atoms with Crippen LogP contribution in [-0.4, -0.2) is 76.6 Å². The predicted molar refractivity (Wildman–Crippen MR) is 523 cm³/mol. The highest BCUT2D eigenvalue weighted by Crippen LogP contribution is 2.41. The lowest BCUT2D eigenvalue weighted by Crippen LogP contribution is -2.19. The Morgan fingerprint density at radius 1 is 0.312 bits per heavy atom. The van der Waals surface area contributed by atoms with Gasteiger partial charge in [-0.3, -0.25) is 19.2 Å². The fraction of sp³-hybridized carbons (Fsp3) is 0.0769. The first-order valence-corrected chi connectivity index (χ1v) is 42.1. The second kappa shape index (κ2) is 45.9. The molecule has 4 aliphatic carbocycles. The van der Waals surface area contributed by atoms with Crippen LogP contribution in [0.1, 0.15) is 61.1 Å². The van der Waals surface area contributed by atoms with Crippen LogP contribution < -0.4 is 32.7 Å². The number of hydrogen-bond donors (Lipinski definition) is 12. The van der Waals surface area contributed by atoms with Gasteiger partial charge in [-0.15, -0.1) is 0 Å². The molecular formula is C104H90Cl4N10O10. The molecule has 0 saturated carbocycles. The number of anilines is 8. The number of halogens is 4. The van der Waals surface area contributed by atoms with Gasteiger partial charge in [0.1, 0.15) is 34.5 Å². The van der Waals surface area contributed by atoms with Gasteiger partial charge in [0, 0.05) is 117 Å². The number of allylic oxidation sites excluding steroid dienone is 14. The van der Waals surface area contributed by atoms with Gasteiger partial charge >= 0.3 is 0 Å². The monoisotopic (exact) mass is 1780 g/mol. The van der Waals surface area contributed by atoms with E-state index in [0.29, 0.717) is 127 Å². The molecule has 0 saturated heterocycles. The van der Waals surface area contributed by atoms with Crippen molar-refractivity contribution in [1.29, 1.82) is 0 Å². The molecule has 0 aliphatic heterocycles. The van der Waals surface area contributed by atoms with Crippen molar-refractivity contribution in [2.75, 3.05) is 32.7 Å². The number of carbonyl (C=O) groups excluding carboxylic acids is 4. The molecule has 0 spiro atoms. The van der Waals surface area contributed by atoms with Crippen LogP contribution in [0.5, 0.6) is 34.5 Å². The number of rotatable bonds is 20. The molecule has 24 heteroatoms. The number of ketones is 4. The standard InChI is InChI=1S/2C25H18Cl2N2O3.C25H22N4O.C25H20N2O3.2C2H6/c26-19-11-15(6-8-23(19)30)10-16-12-21(29-18-7-9-24(31)20(27)13-18)22(14-25(16)32)28-17-4-2-1-3-5-17;26-20-12-18(30)7-6-15(20)10-16-11-23(29-22-9-8-19(31)13-21(22)27)24(14-25(16)32)28-17-4-2-1-3-5-17;26-19-8-6-17(7-9-19)14-18-15-23(29-22-12-10-20(27)11-13-22)24(16-25(18)30)28-21-4-2-1-3-5-21;28-21-10-6-17(7-11-21)14-18-15-23(27-20-8-12-22(29)13-9-20)24(16-25(18)30)26-19-4-2-1-3-5-19;2*1-2/h1-9,11-14,28,30-31H,10H2;1-9,11-14,28,30,32H,10H2;1-13,15-16,28H,14,26-27H2;1-13,15-16,26,28,30H,14H2;2*1-2H3. The van der Waals surface area contributed by atoms with Gasteiger partial charge in [-0.2, -0.15) is 0 Å². The van der Waals surface area contributed by atoms with Crippen LogP contribution >= 0.6 is 46.4 Å². The predicted octanol–water partition coefficient (Wildman–Crippen LogP) is 24.6. The van der Waals surface area contributed by atoms with Crippen LogP contribution in [0.4, 0.5) is 68.2 Å². The molecule has 0 unspecified atom stereocenters. The number of hydrogen-bond acceptors (Lipinski definition) is 20. The Morgan fingerprint density at radius 3 is 1.22 bits per heavy atom. The van der Waals surface area contributed by atoms with Crippen LogP contribution in [0.15, 0.2) is 387 Å². The van der Waals surface area contributed by atoms with Gasteiger partial charge < -0.3 is 63.4 Å². The zero-order valence-electron chi connectivity index (χ0n) is 69.9. The Labute approximate surface area is 761 Å². The van der Waals surface area contributed by atoms with Crippen LogP contribution in [0, 0.1) is 0 Å². The van der Waals surface area contributed by atoms with E-state index in [1.54, 1.807) is 109 Å². The zero-order valence-corrected chi connectivity index (χ0v) is 73.0. The van der Waals surface area contributed by atoms with Gasteiger partial charge in [-0.05, 0) is 223 Å². The maximum atomic E-state index is 12.9. The minimum atomic E-state index is -0.204. The highest BCUT2D eigenvalue weighted by Gasteiger charge is 2.24. The summed E-state index contributed by atoms with van der Waals surface area (Å²) in [7, 11) is 0. The van der Waals surface area contributed by atoms with E-state index in [1.807, 2.05) is 210 Å². The van der Waals surface area contributed by atoms with E-state index < -0.39 is 0 Å². The first kappa shape index (κ1) is 93.4. The molecule has 16 rings (SSSR count). The first-order valence-electron chi connectivity index (χ1n) is 40.6. The van der Waals surface area contributed by atoms with Crippen LogP contribution in [0.3, 0.4) is 0 Å². The lowest BCUT2D eigenvalue weighted by molar-refractivity contribution is -0.112. The Hall–Kier alpha value is -15.3. The summed E-state index contributed by atoms with van der Waals surface area (Å²) in [5, 5.41) is 73.9. The average molecular weight is 1780 g/mol. The number of aliphatic imine (C=N–C) groups is 4. The number of para-hydroxylation sites is 4. The number of carbonyl (C=O) groups is 4. The summed E-state index contributed by atoms with van der Waals surface area (Å²) >= 11 is 24.5. The summed E-state index contributed by atoms with van der Waals surface area (Å²) in [4.78, 5) is 67.4.